The van der Waals surface area contributed by atoms with Crippen LogP contribution in [0.1, 0.15) is 53.5 Å². The van der Waals surface area contributed by atoms with Crippen LogP contribution >= 0.6 is 0 Å². The molecule has 25 heavy (non-hydrogen) atoms. The molecule has 1 fully saturated rings. The Morgan fingerprint density at radius 1 is 1.24 bits per heavy atom. The number of benzene rings is 1. The molecule has 0 amide bonds. The van der Waals surface area contributed by atoms with E-state index in [1.807, 2.05) is 56.3 Å². The fourth-order valence-corrected chi connectivity index (χ4v) is 3.71. The number of nitrogens with one attached hydrogen (secondary N) is 1. The molecule has 4 nitrogen and oxygen atoms in total. The number of carbonyl (C=O) groups excluding carboxylic acids is 1. The molecule has 3 rings (SSSR count). The summed E-state index contributed by atoms with van der Waals surface area (Å²) < 4.78 is 2.28. The van der Waals surface area contributed by atoms with Gasteiger partial charge in [-0.15, -0.1) is 0 Å². The zero-order chi connectivity index (χ0) is 17.8. The zero-order valence-corrected chi connectivity index (χ0v) is 14.7. The molecule has 1 aromatic carbocycles. The Morgan fingerprint density at radius 2 is 1.92 bits per heavy atom. The molecule has 0 atom stereocenters. The third-order valence-electron chi connectivity index (χ3n) is 4.94. The number of ketones is 1. The van der Waals surface area contributed by atoms with E-state index in [0.29, 0.717) is 11.6 Å². The Hall–Kier alpha value is -2.80. The van der Waals surface area contributed by atoms with Crippen molar-refractivity contribution in [2.24, 2.45) is 0 Å². The van der Waals surface area contributed by atoms with Crippen molar-refractivity contribution < 1.29 is 4.79 Å². The van der Waals surface area contributed by atoms with Crippen LogP contribution in [-0.2, 0) is 0 Å². The molecular weight excluding hydrogens is 310 g/mol. The highest BCUT2D eigenvalue weighted by atomic mass is 16.1. The smallest absolute Gasteiger partial charge is 0.206 e. The number of anilines is 1. The lowest BCUT2D eigenvalue weighted by molar-refractivity contribution is 0.103. The fourth-order valence-electron chi connectivity index (χ4n) is 3.71. The minimum Gasteiger partial charge on any atom is -0.360 e. The van der Waals surface area contributed by atoms with E-state index >= 15 is 0 Å². The third-order valence-corrected chi connectivity index (χ3v) is 4.94. The van der Waals surface area contributed by atoms with Gasteiger partial charge in [0.1, 0.15) is 11.6 Å². The number of aryl methyl sites for hydroxylation is 1. The second-order valence-corrected chi connectivity index (χ2v) is 6.60. The van der Waals surface area contributed by atoms with Crippen molar-refractivity contribution in [2.45, 2.75) is 45.6 Å². The average Bonchev–Trinajstić information content (AvgIpc) is 3.24. The van der Waals surface area contributed by atoms with Crippen LogP contribution in [0.25, 0.3) is 0 Å². The van der Waals surface area contributed by atoms with E-state index in [1.54, 1.807) is 0 Å². The Kier molecular flexibility index (Phi) is 5.04. The van der Waals surface area contributed by atoms with Gasteiger partial charge in [0, 0.05) is 34.9 Å². The monoisotopic (exact) mass is 333 g/mol. The molecule has 2 aromatic rings. The molecule has 0 saturated heterocycles. The predicted octanol–water partition coefficient (Wildman–Crippen LogP) is 4.92. The van der Waals surface area contributed by atoms with Crippen LogP contribution in [0.3, 0.4) is 0 Å². The molecule has 0 radical (unpaired) electrons. The maximum atomic E-state index is 12.9. The van der Waals surface area contributed by atoms with Gasteiger partial charge in [-0.25, -0.2) is 0 Å². The summed E-state index contributed by atoms with van der Waals surface area (Å²) in [6.45, 7) is 4.03. The normalized spacial score (nSPS) is 15.2. The summed E-state index contributed by atoms with van der Waals surface area (Å²) in [6, 6.07) is 13.9. The molecule has 4 heteroatoms. The van der Waals surface area contributed by atoms with Gasteiger partial charge in [0.05, 0.1) is 0 Å². The summed E-state index contributed by atoms with van der Waals surface area (Å²) in [5.41, 5.74) is 3.67. The lowest BCUT2D eigenvalue weighted by atomic mass is 10.1. The van der Waals surface area contributed by atoms with E-state index in [-0.39, 0.29) is 11.4 Å². The van der Waals surface area contributed by atoms with Crippen LogP contribution in [0, 0.1) is 25.2 Å². The summed E-state index contributed by atoms with van der Waals surface area (Å²) in [6.07, 6.45) is 6.32. The molecule has 1 aromatic heterocycles. The highest BCUT2D eigenvalue weighted by Gasteiger charge is 2.24. The first-order valence-corrected chi connectivity index (χ1v) is 8.77. The van der Waals surface area contributed by atoms with Gasteiger partial charge in [-0.05, 0) is 44.9 Å². The maximum absolute atomic E-state index is 12.9. The molecule has 0 spiro atoms. The largest absolute Gasteiger partial charge is 0.360 e. The molecule has 0 aliphatic heterocycles. The predicted molar refractivity (Wildman–Crippen MR) is 99.5 cm³/mol. The second kappa shape index (κ2) is 7.40. The lowest BCUT2D eigenvalue weighted by Crippen LogP contribution is -2.10. The van der Waals surface area contributed by atoms with Gasteiger partial charge in [-0.3, -0.25) is 4.79 Å². The van der Waals surface area contributed by atoms with Crippen molar-refractivity contribution in [2.75, 3.05) is 5.32 Å². The van der Waals surface area contributed by atoms with E-state index in [2.05, 4.69) is 9.88 Å². The Morgan fingerprint density at radius 3 is 2.56 bits per heavy atom. The minimum atomic E-state index is -0.219. The molecular formula is C21H23N3O. The fraction of sp³-hybridized carbons (Fsp3) is 0.333. The molecule has 128 valence electrons. The van der Waals surface area contributed by atoms with Crippen molar-refractivity contribution >= 4 is 11.5 Å². The first-order valence-electron chi connectivity index (χ1n) is 8.77. The highest BCUT2D eigenvalue weighted by molar-refractivity contribution is 6.12. The van der Waals surface area contributed by atoms with E-state index in [0.717, 1.165) is 17.1 Å². The van der Waals surface area contributed by atoms with Crippen LogP contribution in [0.2, 0.25) is 0 Å². The van der Waals surface area contributed by atoms with E-state index in [1.165, 1.54) is 31.9 Å². The molecule has 0 bridgehead atoms. The van der Waals surface area contributed by atoms with Gasteiger partial charge in [-0.1, -0.05) is 31.0 Å². The number of nitriles is 1. The van der Waals surface area contributed by atoms with Gasteiger partial charge in [0.15, 0.2) is 0 Å². The number of allylic oxidation sites excluding steroid dienone is 1. The van der Waals surface area contributed by atoms with Crippen molar-refractivity contribution in [3.63, 3.8) is 0 Å². The number of aromatic nitrogens is 1. The third kappa shape index (κ3) is 3.51. The average molecular weight is 333 g/mol. The van der Waals surface area contributed by atoms with Gasteiger partial charge in [0.2, 0.25) is 5.78 Å². The summed E-state index contributed by atoms with van der Waals surface area (Å²) >= 11 is 0. The first-order chi connectivity index (χ1) is 12.1. The molecule has 1 N–H and O–H groups in total. The van der Waals surface area contributed by atoms with Gasteiger partial charge >= 0.3 is 0 Å². The Labute approximate surface area is 148 Å². The molecule has 1 aliphatic rings. The molecule has 1 heterocycles. The first kappa shape index (κ1) is 17.0. The van der Waals surface area contributed by atoms with Crippen molar-refractivity contribution in [1.29, 1.82) is 5.26 Å². The van der Waals surface area contributed by atoms with Gasteiger partial charge in [-0.2, -0.15) is 5.26 Å². The van der Waals surface area contributed by atoms with E-state index in [9.17, 15) is 10.1 Å². The van der Waals surface area contributed by atoms with E-state index in [4.69, 9.17) is 0 Å². The van der Waals surface area contributed by atoms with Crippen LogP contribution in [0.4, 0.5) is 5.69 Å². The highest BCUT2D eigenvalue weighted by Crippen LogP contribution is 2.33. The zero-order valence-electron chi connectivity index (χ0n) is 14.7. The Balaban J connectivity index is 1.86. The molecule has 0 unspecified atom stereocenters. The van der Waals surface area contributed by atoms with Crippen molar-refractivity contribution in [3.8, 4) is 6.07 Å². The second-order valence-electron chi connectivity index (χ2n) is 6.60. The van der Waals surface area contributed by atoms with Gasteiger partial charge < -0.3 is 9.88 Å². The van der Waals surface area contributed by atoms with Crippen LogP contribution in [-0.4, -0.2) is 10.4 Å². The number of hydrogen-bond donors (Lipinski definition) is 1. The summed E-state index contributed by atoms with van der Waals surface area (Å²) in [4.78, 5) is 12.9. The van der Waals surface area contributed by atoms with Crippen LogP contribution in [0.5, 0.6) is 0 Å². The van der Waals surface area contributed by atoms with Crippen molar-refractivity contribution in [1.82, 2.24) is 4.57 Å². The number of Topliss-reactive ketones (excluding diaryl/α,β-unsaturated/α-hetero) is 1. The summed E-state index contributed by atoms with van der Waals surface area (Å²) in [7, 11) is 0. The van der Waals surface area contributed by atoms with Crippen LogP contribution in [0.15, 0.2) is 48.2 Å². The minimum absolute atomic E-state index is 0.121. The van der Waals surface area contributed by atoms with E-state index < -0.39 is 0 Å². The summed E-state index contributed by atoms with van der Waals surface area (Å²) in [5.74, 6) is -0.219. The number of para-hydroxylation sites is 1. The van der Waals surface area contributed by atoms with Gasteiger partial charge in [0.25, 0.3) is 0 Å². The molecule has 1 saturated carbocycles. The summed E-state index contributed by atoms with van der Waals surface area (Å²) in [5, 5.41) is 12.5. The quantitative estimate of drug-likeness (QED) is 0.480. The number of hydrogen-bond acceptors (Lipinski definition) is 3. The SMILES string of the molecule is Cc1cc(C(=O)/C(C#N)=C/Nc2ccccc2)c(C)n1C1CCCC1. The van der Waals surface area contributed by atoms with Crippen molar-refractivity contribution in [3.05, 3.63) is 65.1 Å². The Bertz CT molecular complexity index is 834. The standard InChI is InChI=1S/C21H23N3O/c1-15-12-20(16(2)24(15)19-10-6-7-11-19)21(25)17(13-22)14-23-18-8-4-3-5-9-18/h3-5,8-9,12,14,19,23H,6-7,10-11H2,1-2H3/b17-14+. The maximum Gasteiger partial charge on any atom is 0.206 e. The number of carbonyl (C=O) groups is 1. The topological polar surface area (TPSA) is 57.8 Å². The number of rotatable bonds is 5. The van der Waals surface area contributed by atoms with Crippen LogP contribution < -0.4 is 5.32 Å². The number of nitrogens with zero attached hydrogens (tertiary/aromatic N) is 2. The molecule has 1 aliphatic carbocycles. The lowest BCUT2D eigenvalue weighted by Gasteiger charge is -2.17.